The number of amides is 1. The molecule has 2 fully saturated rings. The van der Waals surface area contributed by atoms with Crippen molar-refractivity contribution in [2.45, 2.75) is 31.7 Å². The fourth-order valence-corrected chi connectivity index (χ4v) is 4.83. The number of fused-ring (bicyclic) bond motifs is 3. The van der Waals surface area contributed by atoms with Gasteiger partial charge >= 0.3 is 0 Å². The summed E-state index contributed by atoms with van der Waals surface area (Å²) < 4.78 is 30.9. The first-order chi connectivity index (χ1) is 12.0. The molecule has 0 saturated carbocycles. The quantitative estimate of drug-likeness (QED) is 0.863. The number of likely N-dealkylation sites (tertiary alicyclic amines) is 1. The Hall–Kier alpha value is -1.95. The summed E-state index contributed by atoms with van der Waals surface area (Å²) in [5, 5.41) is 3.73. The lowest BCUT2D eigenvalue weighted by molar-refractivity contribution is -0.192. The molecule has 1 amide bonds. The summed E-state index contributed by atoms with van der Waals surface area (Å²) in [4.78, 5) is 14.8. The van der Waals surface area contributed by atoms with E-state index in [-0.39, 0.29) is 25.5 Å². The number of piperidine rings is 1. The van der Waals surface area contributed by atoms with Crippen LogP contribution < -0.4 is 5.32 Å². The molecule has 1 N–H and O–H groups in total. The van der Waals surface area contributed by atoms with Gasteiger partial charge in [-0.2, -0.15) is 0 Å². The number of para-hydroxylation sites is 1. The van der Waals surface area contributed by atoms with Crippen molar-refractivity contribution in [1.29, 1.82) is 0 Å². The average molecular weight is 345 g/mol. The third kappa shape index (κ3) is 1.97. The van der Waals surface area contributed by atoms with Crippen molar-refractivity contribution in [1.82, 2.24) is 14.8 Å². The molecule has 3 aliphatic heterocycles. The van der Waals surface area contributed by atoms with Gasteiger partial charge in [-0.1, -0.05) is 18.2 Å². The maximum absolute atomic E-state index is 14.4. The predicted molar refractivity (Wildman–Crippen MR) is 91.0 cm³/mol. The monoisotopic (exact) mass is 345 g/mol. The van der Waals surface area contributed by atoms with E-state index in [2.05, 4.69) is 9.88 Å². The van der Waals surface area contributed by atoms with Crippen LogP contribution in [-0.4, -0.2) is 47.5 Å². The number of hydrogen-bond acceptors (Lipinski definition) is 2. The van der Waals surface area contributed by atoms with E-state index in [0.717, 1.165) is 41.5 Å². The summed E-state index contributed by atoms with van der Waals surface area (Å²) in [6.07, 6.45) is 2.35. The second-order valence-electron chi connectivity index (χ2n) is 7.67. The zero-order valence-corrected chi connectivity index (χ0v) is 14.0. The Kier molecular flexibility index (Phi) is 3.08. The Balaban J connectivity index is 1.48. The normalized spacial score (nSPS) is 23.7. The van der Waals surface area contributed by atoms with E-state index in [4.69, 9.17) is 0 Å². The van der Waals surface area contributed by atoms with Crippen LogP contribution in [0.15, 0.2) is 24.3 Å². The molecule has 2 aromatic rings. The highest BCUT2D eigenvalue weighted by molar-refractivity contribution is 6.09. The van der Waals surface area contributed by atoms with Crippen LogP contribution in [0.5, 0.6) is 0 Å². The van der Waals surface area contributed by atoms with Gasteiger partial charge in [-0.15, -0.1) is 0 Å². The standard InChI is InChI=1S/C19H21F2N3O/c20-19(21)10-22-8-7-18(19)11-23(12-18)17(25)16-13-4-1-2-5-14(13)24-9-3-6-15(16)24/h1-2,4-5,22H,3,6-12H2. The smallest absolute Gasteiger partial charge is 0.269 e. The van der Waals surface area contributed by atoms with Crippen LogP contribution in [0.2, 0.25) is 0 Å². The van der Waals surface area contributed by atoms with Gasteiger partial charge in [-0.05, 0) is 31.9 Å². The second kappa shape index (κ2) is 5.04. The Morgan fingerprint density at radius 2 is 2.00 bits per heavy atom. The molecular weight excluding hydrogens is 324 g/mol. The van der Waals surface area contributed by atoms with Crippen LogP contribution in [-0.2, 0) is 13.0 Å². The van der Waals surface area contributed by atoms with Crippen molar-refractivity contribution in [3.05, 3.63) is 35.5 Å². The molecule has 0 unspecified atom stereocenters. The summed E-state index contributed by atoms with van der Waals surface area (Å²) in [6, 6.07) is 7.94. The van der Waals surface area contributed by atoms with Crippen LogP contribution >= 0.6 is 0 Å². The van der Waals surface area contributed by atoms with Crippen LogP contribution in [0.3, 0.4) is 0 Å². The van der Waals surface area contributed by atoms with Crippen LogP contribution in [0.4, 0.5) is 8.78 Å². The molecule has 0 aliphatic carbocycles. The van der Waals surface area contributed by atoms with Gasteiger partial charge in [-0.3, -0.25) is 4.79 Å². The Morgan fingerprint density at radius 1 is 1.20 bits per heavy atom. The maximum atomic E-state index is 14.4. The molecule has 6 heteroatoms. The summed E-state index contributed by atoms with van der Waals surface area (Å²) >= 11 is 0. The largest absolute Gasteiger partial charge is 0.344 e. The topological polar surface area (TPSA) is 37.3 Å². The number of alkyl halides is 2. The average Bonchev–Trinajstić information content (AvgIpc) is 3.12. The minimum Gasteiger partial charge on any atom is -0.344 e. The molecular formula is C19H21F2N3O. The molecule has 1 spiro atoms. The summed E-state index contributed by atoms with van der Waals surface area (Å²) in [7, 11) is 0. The number of nitrogens with zero attached hydrogens (tertiary/aromatic N) is 2. The van der Waals surface area contributed by atoms with Gasteiger partial charge in [0, 0.05) is 36.2 Å². The van der Waals surface area contributed by atoms with Crippen LogP contribution in [0.25, 0.3) is 10.9 Å². The molecule has 5 rings (SSSR count). The summed E-state index contributed by atoms with van der Waals surface area (Å²) in [5.74, 6) is -2.82. The van der Waals surface area contributed by atoms with E-state index in [1.807, 2.05) is 24.3 Å². The number of hydrogen-bond donors (Lipinski definition) is 1. The third-order valence-electron chi connectivity index (χ3n) is 6.27. The number of halogens is 2. The number of nitrogens with one attached hydrogen (secondary N) is 1. The Labute approximate surface area is 144 Å². The van der Waals surface area contributed by atoms with Gasteiger partial charge < -0.3 is 14.8 Å². The van der Waals surface area contributed by atoms with E-state index in [1.165, 1.54) is 0 Å². The molecule has 1 aromatic carbocycles. The van der Waals surface area contributed by atoms with E-state index in [0.29, 0.717) is 13.0 Å². The molecule has 2 saturated heterocycles. The fraction of sp³-hybridized carbons (Fsp3) is 0.526. The maximum Gasteiger partial charge on any atom is 0.269 e. The number of rotatable bonds is 1. The number of carbonyl (C=O) groups excluding carboxylic acids is 1. The molecule has 0 radical (unpaired) electrons. The van der Waals surface area contributed by atoms with Gasteiger partial charge in [0.1, 0.15) is 0 Å². The lowest BCUT2D eigenvalue weighted by Crippen LogP contribution is -2.70. The lowest BCUT2D eigenvalue weighted by Gasteiger charge is -2.55. The van der Waals surface area contributed by atoms with Gasteiger partial charge in [0.15, 0.2) is 0 Å². The number of carbonyl (C=O) groups is 1. The highest BCUT2D eigenvalue weighted by Crippen LogP contribution is 2.49. The minimum absolute atomic E-state index is 0.0770. The van der Waals surface area contributed by atoms with Crippen molar-refractivity contribution in [3.8, 4) is 0 Å². The first kappa shape index (κ1) is 15.3. The SMILES string of the molecule is O=C(c1c2n(c3ccccc13)CCC2)N1CC2(CCNCC2(F)F)C1. The van der Waals surface area contributed by atoms with Gasteiger partial charge in [0.2, 0.25) is 0 Å². The van der Waals surface area contributed by atoms with Crippen molar-refractivity contribution < 1.29 is 13.6 Å². The van der Waals surface area contributed by atoms with Crippen molar-refractivity contribution in [2.24, 2.45) is 5.41 Å². The molecule has 132 valence electrons. The zero-order chi connectivity index (χ0) is 17.2. The van der Waals surface area contributed by atoms with E-state index in [1.54, 1.807) is 4.90 Å². The fourth-order valence-electron chi connectivity index (χ4n) is 4.83. The predicted octanol–water partition coefficient (Wildman–Crippen LogP) is 2.66. The van der Waals surface area contributed by atoms with Crippen molar-refractivity contribution in [3.63, 3.8) is 0 Å². The summed E-state index contributed by atoms with van der Waals surface area (Å²) in [6.45, 7) is 1.58. The van der Waals surface area contributed by atoms with Crippen LogP contribution in [0.1, 0.15) is 28.9 Å². The van der Waals surface area contributed by atoms with Crippen LogP contribution in [0, 0.1) is 5.41 Å². The van der Waals surface area contributed by atoms with Gasteiger partial charge in [0.25, 0.3) is 11.8 Å². The molecule has 0 atom stereocenters. The van der Waals surface area contributed by atoms with E-state index < -0.39 is 11.3 Å². The molecule has 4 nitrogen and oxygen atoms in total. The lowest BCUT2D eigenvalue weighted by atomic mass is 9.69. The highest BCUT2D eigenvalue weighted by atomic mass is 19.3. The minimum atomic E-state index is -2.74. The van der Waals surface area contributed by atoms with Crippen molar-refractivity contribution in [2.75, 3.05) is 26.2 Å². The van der Waals surface area contributed by atoms with E-state index >= 15 is 0 Å². The molecule has 0 bridgehead atoms. The number of aryl methyl sites for hydroxylation is 1. The Bertz CT molecular complexity index is 867. The molecule has 3 aliphatic rings. The molecule has 1 aromatic heterocycles. The zero-order valence-electron chi connectivity index (χ0n) is 14.0. The number of benzene rings is 1. The van der Waals surface area contributed by atoms with E-state index in [9.17, 15) is 13.6 Å². The Morgan fingerprint density at radius 3 is 2.80 bits per heavy atom. The van der Waals surface area contributed by atoms with Crippen molar-refractivity contribution >= 4 is 16.8 Å². The number of aromatic nitrogens is 1. The van der Waals surface area contributed by atoms with Gasteiger partial charge in [0.05, 0.1) is 17.5 Å². The first-order valence-electron chi connectivity index (χ1n) is 9.00. The second-order valence-corrected chi connectivity index (χ2v) is 7.67. The molecule has 4 heterocycles. The third-order valence-corrected chi connectivity index (χ3v) is 6.27. The first-order valence-corrected chi connectivity index (χ1v) is 9.00. The highest BCUT2D eigenvalue weighted by Gasteiger charge is 2.62. The van der Waals surface area contributed by atoms with Gasteiger partial charge in [-0.25, -0.2) is 8.78 Å². The molecule has 25 heavy (non-hydrogen) atoms. The summed E-state index contributed by atoms with van der Waals surface area (Å²) in [5.41, 5.74) is 1.86.